The zero-order valence-corrected chi connectivity index (χ0v) is 14.1. The van der Waals surface area contributed by atoms with E-state index in [1.54, 1.807) is 7.05 Å². The van der Waals surface area contributed by atoms with Gasteiger partial charge in [-0.2, -0.15) is 0 Å². The summed E-state index contributed by atoms with van der Waals surface area (Å²) in [6.45, 7) is 3.12. The number of nitrogens with zero attached hydrogens (tertiary/aromatic N) is 4. The molecule has 0 spiro atoms. The Morgan fingerprint density at radius 3 is 2.64 bits per heavy atom. The van der Waals surface area contributed by atoms with Gasteiger partial charge in [0, 0.05) is 39.1 Å². The van der Waals surface area contributed by atoms with Gasteiger partial charge in [-0.15, -0.1) is 10.2 Å². The summed E-state index contributed by atoms with van der Waals surface area (Å²) in [5.74, 6) is 0.947. The molecule has 2 fully saturated rings. The van der Waals surface area contributed by atoms with Crippen molar-refractivity contribution in [2.24, 2.45) is 5.92 Å². The highest BCUT2D eigenvalue weighted by Crippen LogP contribution is 2.32. The van der Waals surface area contributed by atoms with Gasteiger partial charge in [0.15, 0.2) is 4.34 Å². The van der Waals surface area contributed by atoms with Crippen molar-refractivity contribution in [3.63, 3.8) is 0 Å². The van der Waals surface area contributed by atoms with Crippen LogP contribution in [0.3, 0.4) is 0 Å². The molecular weight excluding hydrogens is 322 g/mol. The lowest BCUT2D eigenvalue weighted by molar-refractivity contribution is -0.132. The minimum absolute atomic E-state index is 0.0195. The number of amides is 2. The molecule has 3 rings (SSSR count). The lowest BCUT2D eigenvalue weighted by atomic mass is 10.3. The van der Waals surface area contributed by atoms with Crippen LogP contribution in [0.1, 0.15) is 12.8 Å². The molecular formula is C13H19N5O2S2. The molecule has 1 saturated carbocycles. The highest BCUT2D eigenvalue weighted by molar-refractivity contribution is 8.01. The van der Waals surface area contributed by atoms with Gasteiger partial charge in [0.05, 0.1) is 5.75 Å². The van der Waals surface area contributed by atoms with Gasteiger partial charge in [0.2, 0.25) is 16.9 Å². The molecule has 2 heterocycles. The number of thioether (sulfide) groups is 1. The van der Waals surface area contributed by atoms with E-state index in [0.717, 1.165) is 48.5 Å². The van der Waals surface area contributed by atoms with Crippen molar-refractivity contribution in [3.05, 3.63) is 0 Å². The summed E-state index contributed by atoms with van der Waals surface area (Å²) in [6.07, 6.45) is 2.11. The fourth-order valence-corrected chi connectivity index (χ4v) is 4.06. The second-order valence-corrected chi connectivity index (χ2v) is 7.58. The number of aromatic nitrogens is 2. The highest BCUT2D eigenvalue weighted by Gasteiger charge is 2.34. The number of piperazine rings is 1. The molecule has 1 aromatic heterocycles. The molecule has 2 aliphatic rings. The van der Waals surface area contributed by atoms with Crippen LogP contribution >= 0.6 is 23.1 Å². The van der Waals surface area contributed by atoms with Crippen molar-refractivity contribution < 1.29 is 9.59 Å². The number of hydrogen-bond donors (Lipinski definition) is 1. The number of carbonyl (C=O) groups is 2. The largest absolute Gasteiger partial charge is 0.358 e. The Morgan fingerprint density at radius 2 is 2.00 bits per heavy atom. The first-order valence-electron chi connectivity index (χ1n) is 7.38. The van der Waals surface area contributed by atoms with Crippen molar-refractivity contribution in [2.75, 3.05) is 43.9 Å². The van der Waals surface area contributed by atoms with E-state index < -0.39 is 0 Å². The smallest absolute Gasteiger partial charge is 0.230 e. The van der Waals surface area contributed by atoms with Crippen molar-refractivity contribution in [2.45, 2.75) is 17.2 Å². The predicted octanol–water partition coefficient (Wildman–Crippen LogP) is 0.435. The van der Waals surface area contributed by atoms with E-state index in [2.05, 4.69) is 20.4 Å². The summed E-state index contributed by atoms with van der Waals surface area (Å²) in [5, 5.41) is 11.8. The summed E-state index contributed by atoms with van der Waals surface area (Å²) in [5.41, 5.74) is 0. The lowest BCUT2D eigenvalue weighted by Crippen LogP contribution is -2.49. The predicted molar refractivity (Wildman–Crippen MR) is 86.2 cm³/mol. The molecule has 0 atom stereocenters. The van der Waals surface area contributed by atoms with Gasteiger partial charge in [0.25, 0.3) is 0 Å². The highest BCUT2D eigenvalue weighted by atomic mass is 32.2. The average Bonchev–Trinajstić information content (AvgIpc) is 3.30. The van der Waals surface area contributed by atoms with Crippen LogP contribution in [0.2, 0.25) is 0 Å². The number of rotatable bonds is 5. The average molecular weight is 341 g/mol. The zero-order chi connectivity index (χ0) is 15.5. The molecule has 0 aromatic carbocycles. The molecule has 1 aliphatic heterocycles. The van der Waals surface area contributed by atoms with E-state index in [1.807, 2.05) is 4.90 Å². The minimum atomic E-state index is -0.0195. The van der Waals surface area contributed by atoms with Crippen molar-refractivity contribution in [1.82, 2.24) is 20.4 Å². The second kappa shape index (κ2) is 6.82. The quantitative estimate of drug-likeness (QED) is 0.783. The SMILES string of the molecule is CNC(=O)CSc1nnc(N2CCN(C(=O)C3CC3)CC2)s1. The normalized spacial score (nSPS) is 18.4. The standard InChI is InChI=1S/C13H19N5O2S2/c1-14-10(19)8-21-13-16-15-12(22-13)18-6-4-17(5-7-18)11(20)9-2-3-9/h9H,2-8H2,1H3,(H,14,19). The molecule has 0 unspecified atom stereocenters. The number of carbonyl (C=O) groups excluding carboxylic acids is 2. The molecule has 0 bridgehead atoms. The molecule has 1 N–H and O–H groups in total. The maximum absolute atomic E-state index is 12.0. The Bertz CT molecular complexity index is 552. The van der Waals surface area contributed by atoms with Crippen molar-refractivity contribution in [1.29, 1.82) is 0 Å². The van der Waals surface area contributed by atoms with Gasteiger partial charge in [-0.3, -0.25) is 9.59 Å². The number of anilines is 1. The topological polar surface area (TPSA) is 78.4 Å². The summed E-state index contributed by atoms with van der Waals surface area (Å²) in [7, 11) is 1.62. The van der Waals surface area contributed by atoms with Crippen LogP contribution in [0.4, 0.5) is 5.13 Å². The molecule has 9 heteroatoms. The van der Waals surface area contributed by atoms with Gasteiger partial charge < -0.3 is 15.1 Å². The first-order valence-corrected chi connectivity index (χ1v) is 9.18. The zero-order valence-electron chi connectivity index (χ0n) is 12.4. The van der Waals surface area contributed by atoms with Crippen LogP contribution in [-0.2, 0) is 9.59 Å². The Kier molecular flexibility index (Phi) is 4.82. The molecule has 1 saturated heterocycles. The van der Waals surface area contributed by atoms with Gasteiger partial charge in [-0.25, -0.2) is 0 Å². The molecule has 1 aliphatic carbocycles. The van der Waals surface area contributed by atoms with E-state index in [9.17, 15) is 9.59 Å². The molecule has 22 heavy (non-hydrogen) atoms. The van der Waals surface area contributed by atoms with Crippen LogP contribution in [-0.4, -0.2) is 65.9 Å². The number of nitrogens with one attached hydrogen (secondary N) is 1. The monoisotopic (exact) mass is 341 g/mol. The molecule has 7 nitrogen and oxygen atoms in total. The maximum atomic E-state index is 12.0. The van der Waals surface area contributed by atoms with Gasteiger partial charge in [-0.1, -0.05) is 23.1 Å². The van der Waals surface area contributed by atoms with Crippen molar-refractivity contribution >= 4 is 40.0 Å². The first kappa shape index (κ1) is 15.5. The summed E-state index contributed by atoms with van der Waals surface area (Å²) in [4.78, 5) is 27.4. The van der Waals surface area contributed by atoms with E-state index >= 15 is 0 Å². The summed E-state index contributed by atoms with van der Waals surface area (Å²) < 4.78 is 0.801. The fraction of sp³-hybridized carbons (Fsp3) is 0.692. The maximum Gasteiger partial charge on any atom is 0.230 e. The first-order chi connectivity index (χ1) is 10.7. The van der Waals surface area contributed by atoms with E-state index in [0.29, 0.717) is 17.6 Å². The molecule has 1 aromatic rings. The Balaban J connectivity index is 1.49. The summed E-state index contributed by atoms with van der Waals surface area (Å²) in [6, 6.07) is 0. The fourth-order valence-electron chi connectivity index (χ4n) is 2.29. The third-order valence-electron chi connectivity index (χ3n) is 3.79. The van der Waals surface area contributed by atoms with Gasteiger partial charge in [0.1, 0.15) is 0 Å². The van der Waals surface area contributed by atoms with E-state index in [1.165, 1.54) is 23.1 Å². The Hall–Kier alpha value is -1.35. The van der Waals surface area contributed by atoms with E-state index in [-0.39, 0.29) is 5.91 Å². The van der Waals surface area contributed by atoms with E-state index in [4.69, 9.17) is 0 Å². The second-order valence-electron chi connectivity index (χ2n) is 5.40. The van der Waals surface area contributed by atoms with Crippen LogP contribution in [0.25, 0.3) is 0 Å². The Labute approximate surface area is 137 Å². The Morgan fingerprint density at radius 1 is 1.27 bits per heavy atom. The van der Waals surface area contributed by atoms with Crippen LogP contribution in [0, 0.1) is 5.92 Å². The lowest BCUT2D eigenvalue weighted by Gasteiger charge is -2.34. The van der Waals surface area contributed by atoms with Crippen molar-refractivity contribution in [3.8, 4) is 0 Å². The van der Waals surface area contributed by atoms with Crippen LogP contribution in [0.15, 0.2) is 4.34 Å². The number of hydrogen-bond acceptors (Lipinski definition) is 7. The minimum Gasteiger partial charge on any atom is -0.358 e. The van der Waals surface area contributed by atoms with Crippen LogP contribution < -0.4 is 10.2 Å². The summed E-state index contributed by atoms with van der Waals surface area (Å²) >= 11 is 2.90. The van der Waals surface area contributed by atoms with Gasteiger partial charge >= 0.3 is 0 Å². The molecule has 120 valence electrons. The van der Waals surface area contributed by atoms with Crippen LogP contribution in [0.5, 0.6) is 0 Å². The van der Waals surface area contributed by atoms with Gasteiger partial charge in [-0.05, 0) is 12.8 Å². The molecule has 2 amide bonds. The third kappa shape index (κ3) is 3.70. The molecule has 0 radical (unpaired) electrons. The third-order valence-corrected chi connectivity index (χ3v) is 5.91.